The van der Waals surface area contributed by atoms with Crippen molar-refractivity contribution in [2.75, 3.05) is 11.9 Å². The number of anilines is 1. The summed E-state index contributed by atoms with van der Waals surface area (Å²) in [5, 5.41) is 11.4. The van der Waals surface area contributed by atoms with Gasteiger partial charge in [0.1, 0.15) is 0 Å². The highest BCUT2D eigenvalue weighted by atomic mass is 16.1. The van der Waals surface area contributed by atoms with Crippen LogP contribution in [-0.4, -0.2) is 12.5 Å². The van der Waals surface area contributed by atoms with Crippen LogP contribution in [0.1, 0.15) is 25.3 Å². The highest BCUT2D eigenvalue weighted by Gasteiger charge is 2.05. The predicted octanol–water partition coefficient (Wildman–Crippen LogP) is 2.07. The van der Waals surface area contributed by atoms with E-state index in [-0.39, 0.29) is 5.91 Å². The van der Waals surface area contributed by atoms with Gasteiger partial charge in [0.2, 0.25) is 5.91 Å². The maximum absolute atomic E-state index is 11.6. The van der Waals surface area contributed by atoms with Gasteiger partial charge >= 0.3 is 0 Å². The van der Waals surface area contributed by atoms with E-state index >= 15 is 0 Å². The third-order valence-electron chi connectivity index (χ3n) is 2.79. The predicted molar refractivity (Wildman–Crippen MR) is 71.8 cm³/mol. The molecule has 1 atom stereocenters. The Morgan fingerprint density at radius 3 is 2.67 bits per heavy atom. The SMILES string of the molecule is CC(CN)CCC(=O)Nc1ccc(CC#N)cc1. The Bertz CT molecular complexity index is 420. The number of carbonyl (C=O) groups is 1. The van der Waals surface area contributed by atoms with Gasteiger partial charge in [-0.05, 0) is 36.6 Å². The lowest BCUT2D eigenvalue weighted by Gasteiger charge is -2.09. The average molecular weight is 245 g/mol. The zero-order chi connectivity index (χ0) is 13.4. The molecule has 0 heterocycles. The third-order valence-corrected chi connectivity index (χ3v) is 2.79. The number of nitrogens with one attached hydrogen (secondary N) is 1. The minimum absolute atomic E-state index is 0.00309. The molecule has 1 unspecified atom stereocenters. The minimum Gasteiger partial charge on any atom is -0.330 e. The number of nitrogens with zero attached hydrogens (tertiary/aromatic N) is 1. The Morgan fingerprint density at radius 2 is 2.11 bits per heavy atom. The molecular formula is C14H19N3O. The van der Waals surface area contributed by atoms with Crippen molar-refractivity contribution in [1.82, 2.24) is 0 Å². The van der Waals surface area contributed by atoms with E-state index in [1.807, 2.05) is 31.2 Å². The molecule has 0 aliphatic rings. The second-order valence-corrected chi connectivity index (χ2v) is 4.46. The van der Waals surface area contributed by atoms with E-state index < -0.39 is 0 Å². The van der Waals surface area contributed by atoms with E-state index in [0.29, 0.717) is 25.3 Å². The summed E-state index contributed by atoms with van der Waals surface area (Å²) in [4.78, 5) is 11.6. The number of nitriles is 1. The quantitative estimate of drug-likeness (QED) is 0.805. The fraction of sp³-hybridized carbons (Fsp3) is 0.429. The number of hydrogen-bond donors (Lipinski definition) is 2. The van der Waals surface area contributed by atoms with Crippen LogP contribution in [-0.2, 0) is 11.2 Å². The molecule has 96 valence electrons. The monoisotopic (exact) mass is 245 g/mol. The fourth-order valence-electron chi connectivity index (χ4n) is 1.52. The van der Waals surface area contributed by atoms with Gasteiger partial charge < -0.3 is 11.1 Å². The molecule has 0 saturated carbocycles. The highest BCUT2D eigenvalue weighted by Crippen LogP contribution is 2.11. The second kappa shape index (κ2) is 7.46. The van der Waals surface area contributed by atoms with Crippen LogP contribution < -0.4 is 11.1 Å². The molecule has 1 amide bonds. The van der Waals surface area contributed by atoms with Crippen molar-refractivity contribution in [2.24, 2.45) is 11.7 Å². The van der Waals surface area contributed by atoms with Crippen LogP contribution in [0, 0.1) is 17.2 Å². The minimum atomic E-state index is 0.00309. The first-order valence-corrected chi connectivity index (χ1v) is 6.11. The van der Waals surface area contributed by atoms with E-state index in [1.165, 1.54) is 0 Å². The van der Waals surface area contributed by atoms with Gasteiger partial charge in [-0.1, -0.05) is 19.1 Å². The number of amides is 1. The summed E-state index contributed by atoms with van der Waals surface area (Å²) in [5.74, 6) is 0.372. The van der Waals surface area contributed by atoms with Gasteiger partial charge in [0.05, 0.1) is 12.5 Å². The van der Waals surface area contributed by atoms with Crippen LogP contribution in [0.25, 0.3) is 0 Å². The van der Waals surface area contributed by atoms with E-state index in [2.05, 4.69) is 11.4 Å². The maximum Gasteiger partial charge on any atom is 0.224 e. The average Bonchev–Trinajstić information content (AvgIpc) is 2.38. The van der Waals surface area contributed by atoms with Gasteiger partial charge in [0, 0.05) is 12.1 Å². The van der Waals surface area contributed by atoms with Gasteiger partial charge in [0.15, 0.2) is 0 Å². The summed E-state index contributed by atoms with van der Waals surface area (Å²) in [6, 6.07) is 9.41. The smallest absolute Gasteiger partial charge is 0.224 e. The van der Waals surface area contributed by atoms with Crippen molar-refractivity contribution < 1.29 is 4.79 Å². The van der Waals surface area contributed by atoms with Crippen molar-refractivity contribution in [3.05, 3.63) is 29.8 Å². The summed E-state index contributed by atoms with van der Waals surface area (Å²) in [7, 11) is 0. The van der Waals surface area contributed by atoms with E-state index in [0.717, 1.165) is 17.7 Å². The van der Waals surface area contributed by atoms with Gasteiger partial charge in [-0.2, -0.15) is 5.26 Å². The molecule has 4 heteroatoms. The van der Waals surface area contributed by atoms with Crippen molar-refractivity contribution >= 4 is 11.6 Å². The largest absolute Gasteiger partial charge is 0.330 e. The summed E-state index contributed by atoms with van der Waals surface area (Å²) >= 11 is 0. The topological polar surface area (TPSA) is 78.9 Å². The Balaban J connectivity index is 2.42. The Labute approximate surface area is 108 Å². The molecule has 0 aliphatic carbocycles. The van der Waals surface area contributed by atoms with Crippen LogP contribution in [0.3, 0.4) is 0 Å². The fourth-order valence-corrected chi connectivity index (χ4v) is 1.52. The number of hydrogen-bond acceptors (Lipinski definition) is 3. The Hall–Kier alpha value is -1.86. The Morgan fingerprint density at radius 1 is 1.44 bits per heavy atom. The molecule has 3 N–H and O–H groups in total. The summed E-state index contributed by atoms with van der Waals surface area (Å²) in [5.41, 5.74) is 7.21. The molecule has 0 fully saturated rings. The molecule has 0 bridgehead atoms. The van der Waals surface area contributed by atoms with Gasteiger partial charge in [-0.3, -0.25) is 4.79 Å². The summed E-state index contributed by atoms with van der Waals surface area (Å²) in [6.45, 7) is 2.64. The van der Waals surface area contributed by atoms with Crippen LogP contribution in [0.2, 0.25) is 0 Å². The second-order valence-electron chi connectivity index (χ2n) is 4.46. The summed E-state index contributed by atoms with van der Waals surface area (Å²) in [6.07, 6.45) is 1.68. The lowest BCUT2D eigenvalue weighted by atomic mass is 10.1. The first-order valence-electron chi connectivity index (χ1n) is 6.11. The standard InChI is InChI=1S/C14H19N3O/c1-11(10-16)2-7-14(18)17-13-5-3-12(4-6-13)8-9-15/h3-6,11H,2,7-8,10,16H2,1H3,(H,17,18). The van der Waals surface area contributed by atoms with Gasteiger partial charge in [-0.15, -0.1) is 0 Å². The lowest BCUT2D eigenvalue weighted by Crippen LogP contribution is -2.16. The molecule has 1 aromatic carbocycles. The molecule has 1 aromatic rings. The highest BCUT2D eigenvalue weighted by molar-refractivity contribution is 5.90. The molecule has 1 rings (SSSR count). The number of carbonyl (C=O) groups excluding carboxylic acids is 1. The molecule has 0 aliphatic heterocycles. The normalized spacial score (nSPS) is 11.6. The first-order chi connectivity index (χ1) is 8.65. The summed E-state index contributed by atoms with van der Waals surface area (Å²) < 4.78 is 0. The van der Waals surface area contributed by atoms with E-state index in [9.17, 15) is 4.79 Å². The Kier molecular flexibility index (Phi) is 5.89. The van der Waals surface area contributed by atoms with Crippen molar-refractivity contribution in [3.63, 3.8) is 0 Å². The van der Waals surface area contributed by atoms with Gasteiger partial charge in [-0.25, -0.2) is 0 Å². The van der Waals surface area contributed by atoms with Crippen LogP contribution in [0.15, 0.2) is 24.3 Å². The molecule has 4 nitrogen and oxygen atoms in total. The number of nitrogens with two attached hydrogens (primary N) is 1. The van der Waals surface area contributed by atoms with Crippen molar-refractivity contribution in [2.45, 2.75) is 26.2 Å². The van der Waals surface area contributed by atoms with E-state index in [1.54, 1.807) is 0 Å². The zero-order valence-corrected chi connectivity index (χ0v) is 10.6. The molecular weight excluding hydrogens is 226 g/mol. The molecule has 0 spiro atoms. The third kappa shape index (κ3) is 4.98. The molecule has 0 saturated heterocycles. The molecule has 0 aromatic heterocycles. The molecule has 18 heavy (non-hydrogen) atoms. The maximum atomic E-state index is 11.6. The lowest BCUT2D eigenvalue weighted by molar-refractivity contribution is -0.116. The number of benzene rings is 1. The van der Waals surface area contributed by atoms with E-state index in [4.69, 9.17) is 11.0 Å². The van der Waals surface area contributed by atoms with Crippen molar-refractivity contribution in [1.29, 1.82) is 5.26 Å². The van der Waals surface area contributed by atoms with Crippen molar-refractivity contribution in [3.8, 4) is 6.07 Å². The molecule has 0 radical (unpaired) electrons. The van der Waals surface area contributed by atoms with Crippen LogP contribution in [0.5, 0.6) is 0 Å². The van der Waals surface area contributed by atoms with Gasteiger partial charge in [0.25, 0.3) is 0 Å². The first kappa shape index (κ1) is 14.2. The van der Waals surface area contributed by atoms with Crippen LogP contribution in [0.4, 0.5) is 5.69 Å². The van der Waals surface area contributed by atoms with Crippen LogP contribution >= 0.6 is 0 Å². The zero-order valence-electron chi connectivity index (χ0n) is 10.6. The number of rotatable bonds is 6.